The first kappa shape index (κ1) is 17.1. The van der Waals surface area contributed by atoms with Gasteiger partial charge in [-0.2, -0.15) is 0 Å². The predicted octanol–water partition coefficient (Wildman–Crippen LogP) is 3.80. The Hall–Kier alpha value is -3.28. The first-order valence-corrected chi connectivity index (χ1v) is 8.81. The third-order valence-corrected chi connectivity index (χ3v) is 4.74. The van der Waals surface area contributed by atoms with Gasteiger partial charge in [-0.15, -0.1) is 0 Å². The van der Waals surface area contributed by atoms with Crippen LogP contribution in [0.3, 0.4) is 0 Å². The number of nitrogens with zero attached hydrogens (tertiary/aromatic N) is 3. The average molecular weight is 362 g/mol. The number of amides is 1. The molecule has 0 aliphatic carbocycles. The molecule has 27 heavy (non-hydrogen) atoms. The molecule has 1 aromatic heterocycles. The molecule has 0 atom stereocenters. The fraction of sp³-hybridized carbons (Fsp3) is 0.190. The van der Waals surface area contributed by atoms with E-state index >= 15 is 0 Å². The highest BCUT2D eigenvalue weighted by Crippen LogP contribution is 2.38. The molecule has 4 rings (SSSR count). The summed E-state index contributed by atoms with van der Waals surface area (Å²) >= 11 is 0. The largest absolute Gasteiger partial charge is 0.365 e. The molecule has 1 amide bonds. The SMILES string of the molecule is CN1C(=O)CCc2ccc(F)c(-c3cncc(NCc4ccccc4)n3)c21. The third-order valence-electron chi connectivity index (χ3n) is 4.74. The topological polar surface area (TPSA) is 58.1 Å². The zero-order chi connectivity index (χ0) is 18.8. The molecule has 0 saturated carbocycles. The zero-order valence-corrected chi connectivity index (χ0v) is 14.9. The van der Waals surface area contributed by atoms with Gasteiger partial charge in [-0.3, -0.25) is 9.78 Å². The van der Waals surface area contributed by atoms with Gasteiger partial charge < -0.3 is 10.2 Å². The summed E-state index contributed by atoms with van der Waals surface area (Å²) < 4.78 is 14.7. The van der Waals surface area contributed by atoms with Crippen LogP contribution in [0.1, 0.15) is 17.5 Å². The van der Waals surface area contributed by atoms with Gasteiger partial charge >= 0.3 is 0 Å². The Balaban J connectivity index is 1.69. The summed E-state index contributed by atoms with van der Waals surface area (Å²) in [5, 5.41) is 3.21. The van der Waals surface area contributed by atoms with Gasteiger partial charge in [0.1, 0.15) is 11.6 Å². The summed E-state index contributed by atoms with van der Waals surface area (Å²) in [5.41, 5.74) is 3.36. The number of halogens is 1. The van der Waals surface area contributed by atoms with Gasteiger partial charge in [0.2, 0.25) is 5.91 Å². The average Bonchev–Trinajstić information content (AvgIpc) is 2.70. The van der Waals surface area contributed by atoms with Gasteiger partial charge in [-0.1, -0.05) is 36.4 Å². The molecule has 136 valence electrons. The number of anilines is 2. The van der Waals surface area contributed by atoms with Crippen molar-refractivity contribution in [1.29, 1.82) is 0 Å². The van der Waals surface area contributed by atoms with Crippen LogP contribution in [0.2, 0.25) is 0 Å². The number of hydrogen-bond acceptors (Lipinski definition) is 4. The van der Waals surface area contributed by atoms with E-state index in [4.69, 9.17) is 0 Å². The molecule has 0 bridgehead atoms. The van der Waals surface area contributed by atoms with E-state index in [9.17, 15) is 9.18 Å². The highest BCUT2D eigenvalue weighted by molar-refractivity contribution is 6.00. The first-order valence-electron chi connectivity index (χ1n) is 8.81. The van der Waals surface area contributed by atoms with Gasteiger partial charge in [0.25, 0.3) is 0 Å². The summed E-state index contributed by atoms with van der Waals surface area (Å²) in [6.07, 6.45) is 4.16. The minimum Gasteiger partial charge on any atom is -0.365 e. The van der Waals surface area contributed by atoms with E-state index in [0.29, 0.717) is 42.1 Å². The van der Waals surface area contributed by atoms with Crippen molar-refractivity contribution in [2.45, 2.75) is 19.4 Å². The van der Waals surface area contributed by atoms with E-state index in [1.165, 1.54) is 17.2 Å². The van der Waals surface area contributed by atoms with Gasteiger partial charge in [0, 0.05) is 20.0 Å². The van der Waals surface area contributed by atoms with Gasteiger partial charge in [-0.05, 0) is 23.6 Å². The second kappa shape index (κ2) is 7.15. The van der Waals surface area contributed by atoms with E-state index < -0.39 is 5.82 Å². The second-order valence-corrected chi connectivity index (χ2v) is 6.51. The van der Waals surface area contributed by atoms with Crippen LogP contribution in [-0.4, -0.2) is 22.9 Å². The van der Waals surface area contributed by atoms with Crippen LogP contribution in [0.25, 0.3) is 11.3 Å². The molecule has 2 aromatic carbocycles. The molecular formula is C21H19FN4O. The lowest BCUT2D eigenvalue weighted by atomic mass is 9.96. The molecule has 0 saturated heterocycles. The summed E-state index contributed by atoms with van der Waals surface area (Å²) in [4.78, 5) is 22.4. The number of nitrogens with one attached hydrogen (secondary N) is 1. The molecule has 3 aromatic rings. The Morgan fingerprint density at radius 1 is 1.11 bits per heavy atom. The van der Waals surface area contributed by atoms with Gasteiger partial charge in [0.15, 0.2) is 0 Å². The Morgan fingerprint density at radius 2 is 1.93 bits per heavy atom. The Bertz CT molecular complexity index is 991. The van der Waals surface area contributed by atoms with Crippen LogP contribution in [0.5, 0.6) is 0 Å². The van der Waals surface area contributed by atoms with E-state index in [1.807, 2.05) is 30.3 Å². The van der Waals surface area contributed by atoms with Crippen molar-refractivity contribution in [3.63, 3.8) is 0 Å². The van der Waals surface area contributed by atoms with Crippen LogP contribution in [0.4, 0.5) is 15.9 Å². The lowest BCUT2D eigenvalue weighted by Crippen LogP contribution is -2.32. The highest BCUT2D eigenvalue weighted by atomic mass is 19.1. The molecule has 6 heteroatoms. The molecule has 1 aliphatic rings. The van der Waals surface area contributed by atoms with Crippen LogP contribution >= 0.6 is 0 Å². The molecule has 1 aliphatic heterocycles. The maximum absolute atomic E-state index is 14.7. The third kappa shape index (κ3) is 3.38. The Morgan fingerprint density at radius 3 is 2.74 bits per heavy atom. The van der Waals surface area contributed by atoms with E-state index in [-0.39, 0.29) is 5.91 Å². The summed E-state index contributed by atoms with van der Waals surface area (Å²) in [5.74, 6) is 0.114. The minimum absolute atomic E-state index is 0.0272. The molecule has 0 spiro atoms. The number of benzene rings is 2. The van der Waals surface area contributed by atoms with E-state index in [2.05, 4.69) is 15.3 Å². The Labute approximate surface area is 156 Å². The normalized spacial score (nSPS) is 13.4. The number of carbonyl (C=O) groups is 1. The molecule has 0 unspecified atom stereocenters. The van der Waals surface area contributed by atoms with Crippen molar-refractivity contribution in [2.75, 3.05) is 17.3 Å². The molecular weight excluding hydrogens is 343 g/mol. The summed E-state index contributed by atoms with van der Waals surface area (Å²) in [6, 6.07) is 13.1. The first-order chi connectivity index (χ1) is 13.1. The second-order valence-electron chi connectivity index (χ2n) is 6.51. The summed E-state index contributed by atoms with van der Waals surface area (Å²) in [6.45, 7) is 0.590. The lowest BCUT2D eigenvalue weighted by Gasteiger charge is -2.28. The highest BCUT2D eigenvalue weighted by Gasteiger charge is 2.27. The van der Waals surface area contributed by atoms with Crippen molar-refractivity contribution < 1.29 is 9.18 Å². The predicted molar refractivity (Wildman–Crippen MR) is 103 cm³/mol. The fourth-order valence-corrected chi connectivity index (χ4v) is 3.33. The van der Waals surface area contributed by atoms with Crippen molar-refractivity contribution in [3.05, 3.63) is 71.8 Å². The van der Waals surface area contributed by atoms with Crippen LogP contribution in [-0.2, 0) is 17.8 Å². The van der Waals surface area contributed by atoms with Crippen molar-refractivity contribution >= 4 is 17.4 Å². The quantitative estimate of drug-likeness (QED) is 0.767. The zero-order valence-electron chi connectivity index (χ0n) is 14.9. The van der Waals surface area contributed by atoms with Gasteiger partial charge in [0.05, 0.1) is 29.3 Å². The van der Waals surface area contributed by atoms with Crippen molar-refractivity contribution in [3.8, 4) is 11.3 Å². The maximum atomic E-state index is 14.7. The smallest absolute Gasteiger partial charge is 0.227 e. The molecule has 2 heterocycles. The molecule has 1 N–H and O–H groups in total. The maximum Gasteiger partial charge on any atom is 0.227 e. The number of aryl methyl sites for hydroxylation is 1. The van der Waals surface area contributed by atoms with Crippen molar-refractivity contribution in [1.82, 2.24) is 9.97 Å². The number of carbonyl (C=O) groups excluding carboxylic acids is 1. The van der Waals surface area contributed by atoms with Gasteiger partial charge in [-0.25, -0.2) is 9.37 Å². The van der Waals surface area contributed by atoms with Crippen LogP contribution in [0, 0.1) is 5.82 Å². The number of rotatable bonds is 4. The number of aromatic nitrogens is 2. The van der Waals surface area contributed by atoms with Crippen LogP contribution < -0.4 is 10.2 Å². The van der Waals surface area contributed by atoms with E-state index in [1.54, 1.807) is 19.3 Å². The lowest BCUT2D eigenvalue weighted by molar-refractivity contribution is -0.118. The monoisotopic (exact) mass is 362 g/mol. The Kier molecular flexibility index (Phi) is 4.54. The molecule has 0 fully saturated rings. The number of hydrogen-bond donors (Lipinski definition) is 1. The molecule has 0 radical (unpaired) electrons. The minimum atomic E-state index is -0.412. The van der Waals surface area contributed by atoms with E-state index in [0.717, 1.165) is 11.1 Å². The van der Waals surface area contributed by atoms with Crippen LogP contribution in [0.15, 0.2) is 54.9 Å². The fourth-order valence-electron chi connectivity index (χ4n) is 3.33. The summed E-state index contributed by atoms with van der Waals surface area (Å²) in [7, 11) is 1.67. The molecule has 5 nitrogen and oxygen atoms in total. The van der Waals surface area contributed by atoms with Crippen molar-refractivity contribution in [2.24, 2.45) is 0 Å². The number of fused-ring (bicyclic) bond motifs is 1. The standard InChI is InChI=1S/C21H19FN4O/c1-26-19(27)10-8-15-7-9-16(22)20(21(15)26)17-12-23-13-18(25-17)24-11-14-5-3-2-4-6-14/h2-7,9,12-13H,8,10-11H2,1H3,(H,24,25).